The van der Waals surface area contributed by atoms with E-state index in [1.165, 1.54) is 12.3 Å². The van der Waals surface area contributed by atoms with Gasteiger partial charge in [0.2, 0.25) is 0 Å². The van der Waals surface area contributed by atoms with Gasteiger partial charge < -0.3 is 4.90 Å². The first kappa shape index (κ1) is 12.7. The third-order valence-electron chi connectivity index (χ3n) is 2.68. The summed E-state index contributed by atoms with van der Waals surface area (Å²) in [6, 6.07) is 2.63. The molecule has 17 heavy (non-hydrogen) atoms. The fraction of sp³-hybridized carbons (Fsp3) is 0.545. The molecule has 1 aromatic heterocycles. The van der Waals surface area contributed by atoms with Gasteiger partial charge in [-0.15, -0.1) is 0 Å². The number of alkyl halides is 4. The van der Waals surface area contributed by atoms with Gasteiger partial charge in [0.1, 0.15) is 5.82 Å². The highest BCUT2D eigenvalue weighted by atomic mass is 79.9. The van der Waals surface area contributed by atoms with Gasteiger partial charge in [0.15, 0.2) is 0 Å². The van der Waals surface area contributed by atoms with Crippen LogP contribution >= 0.6 is 15.9 Å². The van der Waals surface area contributed by atoms with Crippen molar-refractivity contribution in [1.82, 2.24) is 4.98 Å². The Kier molecular flexibility index (Phi) is 3.61. The maximum absolute atomic E-state index is 12.9. The largest absolute Gasteiger partial charge is 0.419 e. The summed E-state index contributed by atoms with van der Waals surface area (Å²) in [6.07, 6.45) is -1.04. The molecule has 1 fully saturated rings. The molecule has 1 aliphatic carbocycles. The zero-order valence-electron chi connectivity index (χ0n) is 9.04. The van der Waals surface area contributed by atoms with E-state index in [0.29, 0.717) is 11.9 Å². The first-order valence-corrected chi connectivity index (χ1v) is 6.51. The van der Waals surface area contributed by atoms with Crippen LogP contribution < -0.4 is 4.90 Å². The van der Waals surface area contributed by atoms with E-state index >= 15 is 0 Å². The Bertz CT molecular complexity index is 391. The third kappa shape index (κ3) is 2.91. The number of aromatic nitrogens is 1. The predicted molar refractivity (Wildman–Crippen MR) is 63.4 cm³/mol. The van der Waals surface area contributed by atoms with Gasteiger partial charge in [-0.1, -0.05) is 15.9 Å². The first-order valence-electron chi connectivity index (χ1n) is 5.39. The van der Waals surface area contributed by atoms with E-state index in [9.17, 15) is 13.2 Å². The van der Waals surface area contributed by atoms with Crippen molar-refractivity contribution >= 4 is 21.7 Å². The maximum Gasteiger partial charge on any atom is 0.419 e. The lowest BCUT2D eigenvalue weighted by Gasteiger charge is -2.25. The Balaban J connectivity index is 2.35. The zero-order valence-corrected chi connectivity index (χ0v) is 10.6. The van der Waals surface area contributed by atoms with Gasteiger partial charge in [-0.3, -0.25) is 0 Å². The average molecular weight is 309 g/mol. The number of rotatable bonds is 4. The molecule has 0 spiro atoms. The van der Waals surface area contributed by atoms with Gasteiger partial charge >= 0.3 is 6.18 Å². The fourth-order valence-corrected chi connectivity index (χ4v) is 2.17. The monoisotopic (exact) mass is 308 g/mol. The van der Waals surface area contributed by atoms with E-state index in [0.717, 1.165) is 18.9 Å². The molecule has 0 N–H and O–H groups in total. The van der Waals surface area contributed by atoms with Crippen molar-refractivity contribution < 1.29 is 13.2 Å². The van der Waals surface area contributed by atoms with Gasteiger partial charge in [0, 0.05) is 24.1 Å². The second kappa shape index (κ2) is 4.84. The van der Waals surface area contributed by atoms with Crippen LogP contribution in [0.15, 0.2) is 18.3 Å². The van der Waals surface area contributed by atoms with Crippen molar-refractivity contribution in [2.45, 2.75) is 25.1 Å². The SMILES string of the molecule is FC(F)(F)c1cccnc1N(CCBr)C1CC1. The van der Waals surface area contributed by atoms with Crippen LogP contribution in [-0.2, 0) is 6.18 Å². The van der Waals surface area contributed by atoms with Crippen molar-refractivity contribution in [3.05, 3.63) is 23.9 Å². The van der Waals surface area contributed by atoms with E-state index in [1.54, 1.807) is 4.90 Å². The second-order valence-corrected chi connectivity index (χ2v) is 4.78. The Morgan fingerprint density at radius 3 is 2.65 bits per heavy atom. The minimum Gasteiger partial charge on any atom is -0.352 e. The highest BCUT2D eigenvalue weighted by Gasteiger charge is 2.38. The standard InChI is InChI=1S/C11H12BrF3N2/c12-5-7-17(8-3-4-8)10-9(11(13,14)15)2-1-6-16-10/h1-2,6,8H,3-5,7H2. The molecule has 2 nitrogen and oxygen atoms in total. The summed E-state index contributed by atoms with van der Waals surface area (Å²) < 4.78 is 38.6. The molecule has 1 saturated carbocycles. The number of halogens is 4. The molecule has 0 aromatic carbocycles. The molecule has 0 amide bonds. The Morgan fingerprint density at radius 2 is 2.12 bits per heavy atom. The molecule has 0 radical (unpaired) electrons. The van der Waals surface area contributed by atoms with Crippen LogP contribution in [0.4, 0.5) is 19.0 Å². The maximum atomic E-state index is 12.9. The highest BCUT2D eigenvalue weighted by molar-refractivity contribution is 9.09. The van der Waals surface area contributed by atoms with Crippen molar-refractivity contribution in [3.8, 4) is 0 Å². The van der Waals surface area contributed by atoms with E-state index < -0.39 is 11.7 Å². The molecule has 0 atom stereocenters. The molecule has 94 valence electrons. The predicted octanol–water partition coefficient (Wildman–Crippen LogP) is 3.46. The van der Waals surface area contributed by atoms with E-state index in [4.69, 9.17) is 0 Å². The minimum absolute atomic E-state index is 0.0574. The lowest BCUT2D eigenvalue weighted by atomic mass is 10.2. The van der Waals surface area contributed by atoms with Gasteiger partial charge in [0.05, 0.1) is 5.56 Å². The summed E-state index contributed by atoms with van der Waals surface area (Å²) in [4.78, 5) is 5.66. The van der Waals surface area contributed by atoms with E-state index in [1.807, 2.05) is 0 Å². The van der Waals surface area contributed by atoms with Crippen molar-refractivity contribution in [2.75, 3.05) is 16.8 Å². The van der Waals surface area contributed by atoms with Crippen LogP contribution in [0.1, 0.15) is 18.4 Å². The number of anilines is 1. The van der Waals surface area contributed by atoms with Crippen LogP contribution in [0.5, 0.6) is 0 Å². The van der Waals surface area contributed by atoms with E-state index in [2.05, 4.69) is 20.9 Å². The van der Waals surface area contributed by atoms with Crippen LogP contribution in [0.2, 0.25) is 0 Å². The number of nitrogens with zero attached hydrogens (tertiary/aromatic N) is 2. The first-order chi connectivity index (χ1) is 8.04. The third-order valence-corrected chi connectivity index (χ3v) is 3.03. The van der Waals surface area contributed by atoms with Gasteiger partial charge in [-0.25, -0.2) is 4.98 Å². The second-order valence-electron chi connectivity index (χ2n) is 3.99. The number of hydrogen-bond acceptors (Lipinski definition) is 2. The van der Waals surface area contributed by atoms with Crippen LogP contribution in [0, 0.1) is 0 Å². The van der Waals surface area contributed by atoms with Crippen LogP contribution in [0.3, 0.4) is 0 Å². The topological polar surface area (TPSA) is 16.1 Å². The molecule has 0 aliphatic heterocycles. The van der Waals surface area contributed by atoms with Crippen LogP contribution in [0.25, 0.3) is 0 Å². The lowest BCUT2D eigenvalue weighted by Crippen LogP contribution is -2.30. The van der Waals surface area contributed by atoms with Crippen molar-refractivity contribution in [1.29, 1.82) is 0 Å². The van der Waals surface area contributed by atoms with Crippen molar-refractivity contribution in [3.63, 3.8) is 0 Å². The smallest absolute Gasteiger partial charge is 0.352 e. The Morgan fingerprint density at radius 1 is 1.41 bits per heavy atom. The fourth-order valence-electron chi connectivity index (χ4n) is 1.79. The Hall–Kier alpha value is -0.780. The molecule has 2 rings (SSSR count). The highest BCUT2D eigenvalue weighted by Crippen LogP contribution is 2.39. The summed E-state index contributed by atoms with van der Waals surface area (Å²) in [5, 5.41) is 0.636. The molecule has 0 unspecified atom stereocenters. The normalized spacial score (nSPS) is 16.0. The summed E-state index contributed by atoms with van der Waals surface area (Å²) >= 11 is 3.27. The zero-order chi connectivity index (χ0) is 12.5. The lowest BCUT2D eigenvalue weighted by molar-refractivity contribution is -0.137. The summed E-state index contributed by atoms with van der Waals surface area (Å²) in [7, 11) is 0. The molecule has 6 heteroatoms. The quantitative estimate of drug-likeness (QED) is 0.792. The van der Waals surface area contributed by atoms with Gasteiger partial charge in [-0.2, -0.15) is 13.2 Å². The molecular weight excluding hydrogens is 297 g/mol. The molecule has 0 saturated heterocycles. The molecule has 1 aromatic rings. The molecule has 1 aliphatic rings. The number of pyridine rings is 1. The minimum atomic E-state index is -4.34. The summed E-state index contributed by atoms with van der Waals surface area (Å²) in [6.45, 7) is 0.546. The molecule has 1 heterocycles. The van der Waals surface area contributed by atoms with E-state index in [-0.39, 0.29) is 11.9 Å². The molecule has 0 bridgehead atoms. The molecular formula is C11H12BrF3N2. The summed E-state index contributed by atoms with van der Waals surface area (Å²) in [5.74, 6) is 0.0574. The van der Waals surface area contributed by atoms with Gasteiger partial charge in [0.25, 0.3) is 0 Å². The Labute approximate surface area is 106 Å². The number of hydrogen-bond donors (Lipinski definition) is 0. The average Bonchev–Trinajstić information content (AvgIpc) is 3.08. The van der Waals surface area contributed by atoms with Gasteiger partial charge in [-0.05, 0) is 25.0 Å². The van der Waals surface area contributed by atoms with Crippen LogP contribution in [-0.4, -0.2) is 22.9 Å². The summed E-state index contributed by atoms with van der Waals surface area (Å²) in [5.41, 5.74) is -0.646. The van der Waals surface area contributed by atoms with Crippen molar-refractivity contribution in [2.24, 2.45) is 0 Å².